The first kappa shape index (κ1) is 19.3. The Morgan fingerprint density at radius 1 is 1.54 bits per heavy atom. The third-order valence-corrected chi connectivity index (χ3v) is 5.27. The summed E-state index contributed by atoms with van der Waals surface area (Å²) in [5.41, 5.74) is -1.08. The van der Waals surface area contributed by atoms with Crippen LogP contribution in [0.15, 0.2) is 11.1 Å². The maximum absolute atomic E-state index is 12.2. The van der Waals surface area contributed by atoms with Crippen LogP contribution in [0.3, 0.4) is 0 Å². The molecule has 2 aromatic rings. The molecule has 0 radical (unpaired) electrons. The van der Waals surface area contributed by atoms with E-state index >= 15 is 0 Å². The molecule has 0 bridgehead atoms. The van der Waals surface area contributed by atoms with E-state index in [-0.39, 0.29) is 30.1 Å². The van der Waals surface area contributed by atoms with Crippen molar-refractivity contribution in [2.75, 3.05) is 11.9 Å². The number of ether oxygens (including phenoxy) is 1. The molecule has 12 heteroatoms. The molecule has 3 rings (SSSR count). The Hall–Kier alpha value is -1.43. The number of hydrogen-bond donors (Lipinski definition) is 5. The molecular weight excluding hydrogens is 389 g/mol. The predicted molar refractivity (Wildman–Crippen MR) is 94.4 cm³/mol. The van der Waals surface area contributed by atoms with Crippen LogP contribution in [-0.2, 0) is 4.74 Å². The van der Waals surface area contributed by atoms with Crippen molar-refractivity contribution in [1.82, 2.24) is 19.5 Å². The lowest BCUT2D eigenvalue weighted by Crippen LogP contribution is -2.33. The third-order valence-electron chi connectivity index (χ3n) is 4.14. The number of H-pyrrole nitrogens is 1. The quantitative estimate of drug-likeness (QED) is 0.324. The van der Waals surface area contributed by atoms with Gasteiger partial charge < -0.3 is 25.4 Å². The minimum Gasteiger partial charge on any atom is -0.394 e. The summed E-state index contributed by atoms with van der Waals surface area (Å²) in [5, 5.41) is 30.5. The minimum absolute atomic E-state index is 0.0489. The summed E-state index contributed by atoms with van der Waals surface area (Å²) in [6, 6.07) is 0. The van der Waals surface area contributed by atoms with E-state index in [1.807, 2.05) is 0 Å². The summed E-state index contributed by atoms with van der Waals surface area (Å²) in [6.07, 6.45) is -1.45. The van der Waals surface area contributed by atoms with E-state index in [1.54, 1.807) is 0 Å². The van der Waals surface area contributed by atoms with Gasteiger partial charge in [-0.25, -0.2) is 4.98 Å². The van der Waals surface area contributed by atoms with Gasteiger partial charge in [0.1, 0.15) is 17.8 Å². The van der Waals surface area contributed by atoms with E-state index in [1.165, 1.54) is 17.8 Å². The lowest BCUT2D eigenvalue weighted by atomic mass is 10.2. The fraction of sp³-hybridized carbons (Fsp3) is 0.643. The molecule has 0 amide bonds. The molecule has 6 atom stereocenters. The van der Waals surface area contributed by atoms with Gasteiger partial charge in [0.2, 0.25) is 5.95 Å². The van der Waals surface area contributed by atoms with Gasteiger partial charge in [-0.2, -0.15) is 4.98 Å². The van der Waals surface area contributed by atoms with E-state index in [0.717, 1.165) is 0 Å². The van der Waals surface area contributed by atoms with E-state index in [2.05, 4.69) is 20.3 Å². The first-order chi connectivity index (χ1) is 12.3. The second-order valence-electron chi connectivity index (χ2n) is 6.08. The average molecular weight is 408 g/mol. The molecule has 6 unspecified atom stereocenters. The number of fused-ring (bicyclic) bond motifs is 1. The normalized spacial score (nSPS) is 26.8. The number of nitrogens with zero attached hydrogens (tertiary/aromatic N) is 3. The van der Waals surface area contributed by atoms with Gasteiger partial charge in [-0.3, -0.25) is 14.3 Å². The maximum atomic E-state index is 12.2. The van der Waals surface area contributed by atoms with Crippen LogP contribution < -0.4 is 10.9 Å². The first-order valence-corrected chi connectivity index (χ1v) is 8.83. The summed E-state index contributed by atoms with van der Waals surface area (Å²) in [5.74, 6) is 0.0489. The van der Waals surface area contributed by atoms with Crippen LogP contribution in [0.25, 0.3) is 11.2 Å². The molecule has 0 aliphatic carbocycles. The summed E-state index contributed by atoms with van der Waals surface area (Å²) >= 11 is 12.1. The Morgan fingerprint density at radius 2 is 2.27 bits per heavy atom. The predicted octanol–water partition coefficient (Wildman–Crippen LogP) is -0.275. The summed E-state index contributed by atoms with van der Waals surface area (Å²) in [6.45, 7) is 1.17. The molecular formula is C14H19Cl2N5O5. The highest BCUT2D eigenvalue weighted by atomic mass is 35.5. The summed E-state index contributed by atoms with van der Waals surface area (Å²) in [7, 11) is 0. The van der Waals surface area contributed by atoms with Crippen LogP contribution in [0, 0.1) is 0 Å². The smallest absolute Gasteiger partial charge is 0.280 e. The zero-order valence-electron chi connectivity index (χ0n) is 13.7. The number of aromatic nitrogens is 4. The molecule has 26 heavy (non-hydrogen) atoms. The van der Waals surface area contributed by atoms with Gasteiger partial charge >= 0.3 is 0 Å². The number of aromatic amines is 1. The Balaban J connectivity index is 1.91. The van der Waals surface area contributed by atoms with Gasteiger partial charge in [-0.1, -0.05) is 11.6 Å². The van der Waals surface area contributed by atoms with Gasteiger partial charge in [0.15, 0.2) is 11.2 Å². The maximum Gasteiger partial charge on any atom is 0.280 e. The van der Waals surface area contributed by atoms with Gasteiger partial charge in [-0.05, 0) is 6.92 Å². The van der Waals surface area contributed by atoms with Crippen LogP contribution in [0.1, 0.15) is 19.6 Å². The van der Waals surface area contributed by atoms with Gasteiger partial charge in [0.25, 0.3) is 5.56 Å². The number of aliphatic hydroxyl groups is 3. The number of alkyl halides is 2. The van der Waals surface area contributed by atoms with Gasteiger partial charge in [0, 0.05) is 6.42 Å². The first-order valence-electron chi connectivity index (χ1n) is 7.95. The van der Waals surface area contributed by atoms with Crippen LogP contribution in [0.2, 0.25) is 0 Å². The number of hydrogen-bond acceptors (Lipinski definition) is 8. The molecule has 2 aromatic heterocycles. The molecule has 1 fully saturated rings. The van der Waals surface area contributed by atoms with Crippen molar-refractivity contribution in [3.63, 3.8) is 0 Å². The highest BCUT2D eigenvalue weighted by Crippen LogP contribution is 2.30. The molecule has 0 spiro atoms. The van der Waals surface area contributed by atoms with Crippen molar-refractivity contribution in [3.05, 3.63) is 16.7 Å². The Bertz CT molecular complexity index is 828. The Morgan fingerprint density at radius 3 is 2.88 bits per heavy atom. The van der Waals surface area contributed by atoms with Crippen molar-refractivity contribution in [3.8, 4) is 0 Å². The van der Waals surface area contributed by atoms with E-state index in [4.69, 9.17) is 27.9 Å². The number of nitrogens with one attached hydrogen (secondary N) is 2. The fourth-order valence-corrected chi connectivity index (χ4v) is 3.09. The molecule has 1 aliphatic rings. The number of halogens is 2. The van der Waals surface area contributed by atoms with Crippen LogP contribution >= 0.6 is 23.2 Å². The summed E-state index contributed by atoms with van der Waals surface area (Å²) < 4.78 is 7.08. The van der Waals surface area contributed by atoms with Crippen LogP contribution in [-0.4, -0.2) is 70.6 Å². The monoisotopic (exact) mass is 407 g/mol. The third kappa shape index (κ3) is 3.66. The van der Waals surface area contributed by atoms with Crippen molar-refractivity contribution in [1.29, 1.82) is 0 Å². The van der Waals surface area contributed by atoms with Gasteiger partial charge in [-0.15, -0.1) is 11.6 Å². The molecule has 10 nitrogen and oxygen atoms in total. The standard InChI is InChI=1S/C14H19Cl2N5O5/c1-5(23)9(15)11(16)18-14-19-12-10(13(25)20-14)17-4-21(12)8-2-6(24)7(3-22)26-8/h4-9,11,22-24H,2-3H2,1H3,(H2,18,19,20,25). The second-order valence-corrected chi connectivity index (χ2v) is 7.06. The largest absolute Gasteiger partial charge is 0.394 e. The topological polar surface area (TPSA) is 146 Å². The number of imidazole rings is 1. The second kappa shape index (κ2) is 7.67. The molecule has 144 valence electrons. The van der Waals surface area contributed by atoms with Crippen LogP contribution in [0.5, 0.6) is 0 Å². The Labute approximate surface area is 157 Å². The molecule has 5 N–H and O–H groups in total. The minimum atomic E-state index is -0.892. The van der Waals surface area contributed by atoms with Crippen molar-refractivity contribution >= 4 is 40.3 Å². The highest BCUT2D eigenvalue weighted by molar-refractivity contribution is 6.30. The van der Waals surface area contributed by atoms with E-state index in [0.29, 0.717) is 0 Å². The number of rotatable bonds is 6. The molecule has 1 saturated heterocycles. The molecule has 0 saturated carbocycles. The number of aliphatic hydroxyl groups excluding tert-OH is 3. The zero-order chi connectivity index (χ0) is 19.0. The van der Waals surface area contributed by atoms with Crippen molar-refractivity contribution < 1.29 is 20.1 Å². The highest BCUT2D eigenvalue weighted by Gasteiger charge is 2.35. The van der Waals surface area contributed by atoms with Crippen molar-refractivity contribution in [2.45, 2.75) is 48.8 Å². The molecule has 0 aromatic carbocycles. The lowest BCUT2D eigenvalue weighted by molar-refractivity contribution is -0.0432. The number of anilines is 1. The molecule has 1 aliphatic heterocycles. The van der Waals surface area contributed by atoms with E-state index in [9.17, 15) is 20.1 Å². The zero-order valence-corrected chi connectivity index (χ0v) is 15.2. The SMILES string of the molecule is CC(O)C(Cl)C(Cl)Nc1nc2c(ncn2C2CC(O)C(CO)O2)c(=O)[nH]1. The van der Waals surface area contributed by atoms with E-state index < -0.39 is 41.0 Å². The Kier molecular flexibility index (Phi) is 5.70. The summed E-state index contributed by atoms with van der Waals surface area (Å²) in [4.78, 5) is 23.0. The van der Waals surface area contributed by atoms with Crippen molar-refractivity contribution in [2.24, 2.45) is 0 Å². The lowest BCUT2D eigenvalue weighted by Gasteiger charge is -2.20. The average Bonchev–Trinajstić information content (AvgIpc) is 3.17. The fourth-order valence-electron chi connectivity index (χ4n) is 2.71. The van der Waals surface area contributed by atoms with Crippen LogP contribution in [0.4, 0.5) is 5.95 Å². The molecule has 3 heterocycles. The van der Waals surface area contributed by atoms with Gasteiger partial charge in [0.05, 0.1) is 30.5 Å².